The van der Waals surface area contributed by atoms with Gasteiger partial charge in [0.15, 0.2) is 0 Å². The fourth-order valence-corrected chi connectivity index (χ4v) is 3.32. The minimum absolute atomic E-state index is 0.228. The van der Waals surface area contributed by atoms with Crippen molar-refractivity contribution in [1.82, 2.24) is 5.32 Å². The number of nitrogens with one attached hydrogen (secondary N) is 1. The average molecular weight is 199 g/mol. The highest BCUT2D eigenvalue weighted by Gasteiger charge is 2.45. The van der Waals surface area contributed by atoms with Gasteiger partial charge in [0.25, 0.3) is 0 Å². The molecule has 0 saturated heterocycles. The Kier molecular flexibility index (Phi) is 1.96. The molecule has 1 N–H and O–H groups in total. The second kappa shape index (κ2) is 3.21. The highest BCUT2D eigenvalue weighted by molar-refractivity contribution is 5.42. The Bertz CT molecular complexity index is 408. The van der Waals surface area contributed by atoms with Gasteiger partial charge in [0, 0.05) is 0 Å². The Labute approximate surface area is 91.2 Å². The van der Waals surface area contributed by atoms with E-state index in [0.717, 1.165) is 12.3 Å². The molecule has 0 radical (unpaired) electrons. The van der Waals surface area contributed by atoms with E-state index >= 15 is 0 Å². The SMILES string of the molecule is CNC12CC=CCC1Cc1ccccc12. The van der Waals surface area contributed by atoms with Crippen LogP contribution in [0.2, 0.25) is 0 Å². The van der Waals surface area contributed by atoms with E-state index < -0.39 is 0 Å². The molecule has 2 atom stereocenters. The number of fused-ring (bicyclic) bond motifs is 3. The van der Waals surface area contributed by atoms with Crippen LogP contribution in [0.5, 0.6) is 0 Å². The van der Waals surface area contributed by atoms with Gasteiger partial charge < -0.3 is 5.32 Å². The zero-order valence-electron chi connectivity index (χ0n) is 9.16. The molecule has 1 aromatic carbocycles. The van der Waals surface area contributed by atoms with Crippen LogP contribution < -0.4 is 5.32 Å². The Balaban J connectivity index is 2.15. The molecule has 2 aliphatic carbocycles. The lowest BCUT2D eigenvalue weighted by Crippen LogP contribution is -2.44. The minimum Gasteiger partial charge on any atom is -0.310 e. The third-order valence-corrected chi connectivity index (χ3v) is 4.13. The van der Waals surface area contributed by atoms with E-state index in [1.54, 1.807) is 5.56 Å². The van der Waals surface area contributed by atoms with Crippen LogP contribution >= 0.6 is 0 Å². The van der Waals surface area contributed by atoms with Gasteiger partial charge in [-0.1, -0.05) is 36.4 Å². The quantitative estimate of drug-likeness (QED) is 0.686. The van der Waals surface area contributed by atoms with Crippen LogP contribution in [0.1, 0.15) is 24.0 Å². The molecule has 0 fully saturated rings. The molecule has 0 heterocycles. The fraction of sp³-hybridized carbons (Fsp3) is 0.429. The number of hydrogen-bond acceptors (Lipinski definition) is 1. The maximum Gasteiger partial charge on any atom is 0.0504 e. The molecule has 0 aromatic heterocycles. The summed E-state index contributed by atoms with van der Waals surface area (Å²) in [6.45, 7) is 0. The van der Waals surface area contributed by atoms with Gasteiger partial charge in [-0.15, -0.1) is 0 Å². The van der Waals surface area contributed by atoms with Crippen LogP contribution in [-0.2, 0) is 12.0 Å². The fourth-order valence-electron chi connectivity index (χ4n) is 3.32. The molecule has 1 heteroatoms. The van der Waals surface area contributed by atoms with Crippen molar-refractivity contribution in [2.75, 3.05) is 7.05 Å². The van der Waals surface area contributed by atoms with E-state index in [1.165, 1.54) is 18.4 Å². The third-order valence-electron chi connectivity index (χ3n) is 4.13. The highest BCUT2D eigenvalue weighted by Crippen LogP contribution is 2.47. The largest absolute Gasteiger partial charge is 0.310 e. The van der Waals surface area contributed by atoms with Gasteiger partial charge in [-0.25, -0.2) is 0 Å². The van der Waals surface area contributed by atoms with Crippen LogP contribution in [0.4, 0.5) is 0 Å². The smallest absolute Gasteiger partial charge is 0.0504 e. The molecule has 0 bridgehead atoms. The van der Waals surface area contributed by atoms with Crippen molar-refractivity contribution in [3.05, 3.63) is 47.5 Å². The Morgan fingerprint density at radius 3 is 3.00 bits per heavy atom. The van der Waals surface area contributed by atoms with Crippen molar-refractivity contribution in [3.8, 4) is 0 Å². The lowest BCUT2D eigenvalue weighted by atomic mass is 9.76. The predicted octanol–water partition coefficient (Wildman–Crippen LogP) is 2.62. The summed E-state index contributed by atoms with van der Waals surface area (Å²) >= 11 is 0. The molecule has 0 saturated carbocycles. The molecule has 1 aromatic rings. The van der Waals surface area contributed by atoms with Gasteiger partial charge in [-0.3, -0.25) is 0 Å². The van der Waals surface area contributed by atoms with Gasteiger partial charge >= 0.3 is 0 Å². The molecule has 2 unspecified atom stereocenters. The molecular formula is C14H17N. The van der Waals surface area contributed by atoms with Crippen LogP contribution in [0.15, 0.2) is 36.4 Å². The van der Waals surface area contributed by atoms with Crippen molar-refractivity contribution in [3.63, 3.8) is 0 Å². The zero-order chi connectivity index (χ0) is 10.3. The summed E-state index contributed by atoms with van der Waals surface area (Å²) in [5.41, 5.74) is 3.30. The average Bonchev–Trinajstić information content (AvgIpc) is 2.64. The summed E-state index contributed by atoms with van der Waals surface area (Å²) in [7, 11) is 2.11. The number of hydrogen-bond donors (Lipinski definition) is 1. The van der Waals surface area contributed by atoms with Crippen molar-refractivity contribution < 1.29 is 0 Å². The number of benzene rings is 1. The summed E-state index contributed by atoms with van der Waals surface area (Å²) in [5.74, 6) is 0.755. The summed E-state index contributed by atoms with van der Waals surface area (Å²) in [5, 5.41) is 3.58. The normalized spacial score (nSPS) is 32.5. The topological polar surface area (TPSA) is 12.0 Å². The Morgan fingerprint density at radius 2 is 2.13 bits per heavy atom. The summed E-state index contributed by atoms with van der Waals surface area (Å²) in [4.78, 5) is 0. The van der Waals surface area contributed by atoms with E-state index in [0.29, 0.717) is 0 Å². The van der Waals surface area contributed by atoms with Crippen LogP contribution in [0, 0.1) is 5.92 Å². The lowest BCUT2D eigenvalue weighted by Gasteiger charge is -2.37. The molecule has 0 aliphatic heterocycles. The molecule has 0 amide bonds. The van der Waals surface area contributed by atoms with Gasteiger partial charge in [0.05, 0.1) is 5.54 Å². The summed E-state index contributed by atoms with van der Waals surface area (Å²) < 4.78 is 0. The molecule has 2 aliphatic rings. The molecular weight excluding hydrogens is 182 g/mol. The van der Waals surface area contributed by atoms with E-state index in [-0.39, 0.29) is 5.54 Å². The number of allylic oxidation sites excluding steroid dienone is 1. The monoisotopic (exact) mass is 199 g/mol. The standard InChI is InChI=1S/C14H17N/c1-15-14-9-5-4-7-12(14)10-11-6-2-3-8-13(11)14/h2-6,8,12,15H,7,9-10H2,1H3. The van der Waals surface area contributed by atoms with Gasteiger partial charge in [-0.05, 0) is 43.4 Å². The van der Waals surface area contributed by atoms with Gasteiger partial charge in [0.2, 0.25) is 0 Å². The van der Waals surface area contributed by atoms with Crippen LogP contribution in [0.25, 0.3) is 0 Å². The van der Waals surface area contributed by atoms with E-state index in [4.69, 9.17) is 0 Å². The van der Waals surface area contributed by atoms with Crippen molar-refractivity contribution in [2.45, 2.75) is 24.8 Å². The van der Waals surface area contributed by atoms with Gasteiger partial charge in [0.1, 0.15) is 0 Å². The molecule has 3 rings (SSSR count). The first-order valence-corrected chi connectivity index (χ1v) is 5.79. The lowest BCUT2D eigenvalue weighted by molar-refractivity contribution is 0.239. The summed E-state index contributed by atoms with van der Waals surface area (Å²) in [6, 6.07) is 8.91. The van der Waals surface area contributed by atoms with Gasteiger partial charge in [-0.2, -0.15) is 0 Å². The number of rotatable bonds is 1. The molecule has 78 valence electrons. The van der Waals surface area contributed by atoms with Crippen molar-refractivity contribution in [1.29, 1.82) is 0 Å². The molecule has 1 nitrogen and oxygen atoms in total. The maximum atomic E-state index is 3.58. The zero-order valence-corrected chi connectivity index (χ0v) is 9.16. The van der Waals surface area contributed by atoms with Crippen molar-refractivity contribution in [2.24, 2.45) is 5.92 Å². The van der Waals surface area contributed by atoms with E-state index in [2.05, 4.69) is 48.8 Å². The maximum absolute atomic E-state index is 3.58. The molecule has 0 spiro atoms. The Morgan fingerprint density at radius 1 is 1.27 bits per heavy atom. The third kappa shape index (κ3) is 1.13. The van der Waals surface area contributed by atoms with E-state index in [9.17, 15) is 0 Å². The first kappa shape index (κ1) is 9.17. The Hall–Kier alpha value is -1.08. The minimum atomic E-state index is 0.228. The van der Waals surface area contributed by atoms with E-state index in [1.807, 2.05) is 0 Å². The molecule has 15 heavy (non-hydrogen) atoms. The second-order valence-electron chi connectivity index (χ2n) is 4.69. The van der Waals surface area contributed by atoms with Crippen LogP contribution in [-0.4, -0.2) is 7.05 Å². The first-order chi connectivity index (χ1) is 7.37. The predicted molar refractivity (Wildman–Crippen MR) is 62.7 cm³/mol. The highest BCUT2D eigenvalue weighted by atomic mass is 15.0. The summed E-state index contributed by atoms with van der Waals surface area (Å²) in [6.07, 6.45) is 8.27. The first-order valence-electron chi connectivity index (χ1n) is 5.79. The second-order valence-corrected chi connectivity index (χ2v) is 4.69. The van der Waals surface area contributed by atoms with Crippen LogP contribution in [0.3, 0.4) is 0 Å². The van der Waals surface area contributed by atoms with Crippen molar-refractivity contribution >= 4 is 0 Å².